The predicted molar refractivity (Wildman–Crippen MR) is 103 cm³/mol. The molecule has 0 unspecified atom stereocenters. The molecule has 0 aliphatic rings. The molecule has 1 amide bonds. The molecule has 5 heteroatoms. The fraction of sp³-hybridized carbons (Fsp3) is 0.300. The van der Waals surface area contributed by atoms with E-state index in [-0.39, 0.29) is 12.5 Å². The molecule has 0 bridgehead atoms. The molecule has 2 aromatic carbocycles. The van der Waals surface area contributed by atoms with Gasteiger partial charge in [-0.1, -0.05) is 38.1 Å². The molecule has 0 saturated carbocycles. The molecule has 5 nitrogen and oxygen atoms in total. The lowest BCUT2D eigenvalue weighted by molar-refractivity contribution is -0.123. The van der Waals surface area contributed by atoms with Crippen LogP contribution in [0.3, 0.4) is 0 Å². The molecule has 2 aromatic rings. The van der Waals surface area contributed by atoms with Crippen LogP contribution in [0.15, 0.2) is 53.6 Å². The van der Waals surface area contributed by atoms with Gasteiger partial charge in [0.2, 0.25) is 0 Å². The third-order valence-corrected chi connectivity index (χ3v) is 3.73. The number of hydrazone groups is 1. The zero-order valence-corrected chi connectivity index (χ0v) is 15.2. The number of amides is 1. The molecule has 132 valence electrons. The fourth-order valence-electron chi connectivity index (χ4n) is 2.17. The lowest BCUT2D eigenvalue weighted by atomic mass is 10.0. The van der Waals surface area contributed by atoms with E-state index in [0.717, 1.165) is 11.3 Å². The summed E-state index contributed by atoms with van der Waals surface area (Å²) >= 11 is 0. The molecular formula is C20H25N3O2. The zero-order chi connectivity index (χ0) is 18.2. The number of carbonyl (C=O) groups is 1. The minimum Gasteiger partial charge on any atom is -0.484 e. The molecule has 0 aliphatic carbocycles. The number of nitrogens with one attached hydrogen (secondary N) is 1. The van der Waals surface area contributed by atoms with Gasteiger partial charge in [0.15, 0.2) is 6.61 Å². The second kappa shape index (κ2) is 8.87. The van der Waals surface area contributed by atoms with Crippen LogP contribution >= 0.6 is 0 Å². The summed E-state index contributed by atoms with van der Waals surface area (Å²) in [6.45, 7) is 4.20. The predicted octanol–water partition coefficient (Wildman–Crippen LogP) is 3.41. The summed E-state index contributed by atoms with van der Waals surface area (Å²) < 4.78 is 5.46. The van der Waals surface area contributed by atoms with Crippen LogP contribution in [-0.2, 0) is 4.79 Å². The Kier molecular flexibility index (Phi) is 6.57. The van der Waals surface area contributed by atoms with E-state index in [0.29, 0.717) is 11.7 Å². The SMILES string of the molecule is CC(C)c1ccc(OCC(=O)N/N=C/c2ccc(N(C)C)cc2)cc1. The van der Waals surface area contributed by atoms with Gasteiger partial charge in [-0.05, 0) is 41.3 Å². The van der Waals surface area contributed by atoms with Crippen molar-refractivity contribution in [2.45, 2.75) is 19.8 Å². The normalized spacial score (nSPS) is 10.9. The Hall–Kier alpha value is -2.82. The highest BCUT2D eigenvalue weighted by Crippen LogP contribution is 2.18. The lowest BCUT2D eigenvalue weighted by Crippen LogP contribution is -2.24. The lowest BCUT2D eigenvalue weighted by Gasteiger charge is -2.11. The van der Waals surface area contributed by atoms with Gasteiger partial charge in [0.1, 0.15) is 5.75 Å². The largest absolute Gasteiger partial charge is 0.484 e. The van der Waals surface area contributed by atoms with Crippen molar-refractivity contribution < 1.29 is 9.53 Å². The van der Waals surface area contributed by atoms with Crippen LogP contribution in [-0.4, -0.2) is 32.8 Å². The van der Waals surface area contributed by atoms with Gasteiger partial charge in [-0.2, -0.15) is 5.10 Å². The summed E-state index contributed by atoms with van der Waals surface area (Å²) in [6.07, 6.45) is 1.61. The van der Waals surface area contributed by atoms with E-state index in [9.17, 15) is 4.79 Å². The first kappa shape index (κ1) is 18.5. The van der Waals surface area contributed by atoms with E-state index in [2.05, 4.69) is 24.4 Å². The highest BCUT2D eigenvalue weighted by atomic mass is 16.5. The highest BCUT2D eigenvalue weighted by Gasteiger charge is 2.03. The van der Waals surface area contributed by atoms with Crippen molar-refractivity contribution >= 4 is 17.8 Å². The molecule has 0 aliphatic heterocycles. The second-order valence-corrected chi connectivity index (χ2v) is 6.29. The molecule has 2 rings (SSSR count). The van der Waals surface area contributed by atoms with Gasteiger partial charge in [-0.3, -0.25) is 4.79 Å². The van der Waals surface area contributed by atoms with Crippen LogP contribution in [0.1, 0.15) is 30.9 Å². The Morgan fingerprint density at radius 1 is 1.12 bits per heavy atom. The standard InChI is InChI=1S/C20H25N3O2/c1-15(2)17-7-11-19(12-8-17)25-14-20(24)22-21-13-16-5-9-18(10-6-16)23(3)4/h5-13,15H,14H2,1-4H3,(H,22,24)/b21-13+. The number of anilines is 1. The van der Waals surface area contributed by atoms with Crippen molar-refractivity contribution in [2.24, 2.45) is 5.10 Å². The Morgan fingerprint density at radius 3 is 2.32 bits per heavy atom. The van der Waals surface area contributed by atoms with Crippen LogP contribution in [0.5, 0.6) is 5.75 Å². The van der Waals surface area contributed by atoms with Crippen LogP contribution in [0.4, 0.5) is 5.69 Å². The van der Waals surface area contributed by atoms with Crippen LogP contribution in [0, 0.1) is 0 Å². The Balaban J connectivity index is 1.78. The summed E-state index contributed by atoms with van der Waals surface area (Å²) in [5.74, 6) is 0.843. The Labute approximate surface area is 149 Å². The van der Waals surface area contributed by atoms with E-state index >= 15 is 0 Å². The first-order chi connectivity index (χ1) is 12.0. The van der Waals surface area contributed by atoms with E-state index in [1.54, 1.807) is 6.21 Å². The number of ether oxygens (including phenoxy) is 1. The quantitative estimate of drug-likeness (QED) is 0.621. The Bertz CT molecular complexity index is 705. The maximum Gasteiger partial charge on any atom is 0.277 e. The summed E-state index contributed by atoms with van der Waals surface area (Å²) in [5.41, 5.74) is 5.72. The number of benzene rings is 2. The molecule has 0 heterocycles. The van der Waals surface area contributed by atoms with Gasteiger partial charge in [-0.15, -0.1) is 0 Å². The molecule has 0 saturated heterocycles. The molecule has 1 N–H and O–H groups in total. The molecule has 25 heavy (non-hydrogen) atoms. The summed E-state index contributed by atoms with van der Waals surface area (Å²) in [5, 5.41) is 3.95. The van der Waals surface area contributed by atoms with Crippen LogP contribution in [0.2, 0.25) is 0 Å². The number of hydrogen-bond donors (Lipinski definition) is 1. The number of rotatable bonds is 7. The Morgan fingerprint density at radius 2 is 1.76 bits per heavy atom. The topological polar surface area (TPSA) is 53.9 Å². The first-order valence-corrected chi connectivity index (χ1v) is 8.28. The number of carbonyl (C=O) groups excluding carboxylic acids is 1. The van der Waals surface area contributed by atoms with Gasteiger partial charge in [-0.25, -0.2) is 5.43 Å². The average Bonchev–Trinajstić information content (AvgIpc) is 2.60. The van der Waals surface area contributed by atoms with Gasteiger partial charge < -0.3 is 9.64 Å². The van der Waals surface area contributed by atoms with Crippen molar-refractivity contribution in [1.29, 1.82) is 0 Å². The smallest absolute Gasteiger partial charge is 0.277 e. The van der Waals surface area contributed by atoms with Crippen molar-refractivity contribution in [2.75, 3.05) is 25.6 Å². The fourth-order valence-corrected chi connectivity index (χ4v) is 2.17. The third kappa shape index (κ3) is 5.95. The summed E-state index contributed by atoms with van der Waals surface area (Å²) in [4.78, 5) is 13.8. The summed E-state index contributed by atoms with van der Waals surface area (Å²) in [6, 6.07) is 15.6. The van der Waals surface area contributed by atoms with Gasteiger partial charge >= 0.3 is 0 Å². The van der Waals surface area contributed by atoms with E-state index < -0.39 is 0 Å². The van der Waals surface area contributed by atoms with Gasteiger partial charge in [0.25, 0.3) is 5.91 Å². The van der Waals surface area contributed by atoms with Crippen molar-refractivity contribution in [3.63, 3.8) is 0 Å². The van der Waals surface area contributed by atoms with E-state index in [1.807, 2.05) is 67.5 Å². The summed E-state index contributed by atoms with van der Waals surface area (Å²) in [7, 11) is 3.97. The molecule has 0 atom stereocenters. The van der Waals surface area contributed by atoms with Gasteiger partial charge in [0.05, 0.1) is 6.21 Å². The molecular weight excluding hydrogens is 314 g/mol. The van der Waals surface area contributed by atoms with Crippen molar-refractivity contribution in [3.05, 3.63) is 59.7 Å². The maximum atomic E-state index is 11.8. The zero-order valence-electron chi connectivity index (χ0n) is 15.2. The van der Waals surface area contributed by atoms with E-state index in [1.165, 1.54) is 5.56 Å². The number of hydrogen-bond acceptors (Lipinski definition) is 4. The van der Waals surface area contributed by atoms with Crippen LogP contribution < -0.4 is 15.1 Å². The minimum absolute atomic E-state index is 0.0715. The van der Waals surface area contributed by atoms with Crippen molar-refractivity contribution in [1.82, 2.24) is 5.43 Å². The highest BCUT2D eigenvalue weighted by molar-refractivity contribution is 5.83. The molecule has 0 fully saturated rings. The molecule has 0 radical (unpaired) electrons. The third-order valence-electron chi connectivity index (χ3n) is 3.73. The monoisotopic (exact) mass is 339 g/mol. The maximum absolute atomic E-state index is 11.8. The first-order valence-electron chi connectivity index (χ1n) is 8.28. The minimum atomic E-state index is -0.297. The second-order valence-electron chi connectivity index (χ2n) is 6.29. The van der Waals surface area contributed by atoms with Gasteiger partial charge in [0, 0.05) is 19.8 Å². The average molecular weight is 339 g/mol. The van der Waals surface area contributed by atoms with Crippen molar-refractivity contribution in [3.8, 4) is 5.75 Å². The van der Waals surface area contributed by atoms with E-state index in [4.69, 9.17) is 4.74 Å². The molecule has 0 spiro atoms. The van der Waals surface area contributed by atoms with Crippen LogP contribution in [0.25, 0.3) is 0 Å². The molecule has 0 aromatic heterocycles. The number of nitrogens with zero attached hydrogens (tertiary/aromatic N) is 2.